The summed E-state index contributed by atoms with van der Waals surface area (Å²) in [5.41, 5.74) is 1.25. The standard InChI is InChI=1S/C27H32N2O7/c30-23-7-5-20(6-8-23)9-10-28-26(32)19-36-16-15-35-14-13-34-12-11-29-27(33)24-17-21-3-1-2-4-22(21)18-25(24)31/h1-8,17-18,30-31H,9-16,19H2,(H,28,32)(H,29,33). The molecule has 9 nitrogen and oxygen atoms in total. The Labute approximate surface area is 210 Å². The summed E-state index contributed by atoms with van der Waals surface area (Å²) in [6, 6.07) is 17.6. The number of carbonyl (C=O) groups excluding carboxylic acids is 2. The molecule has 9 heteroatoms. The maximum Gasteiger partial charge on any atom is 0.255 e. The quantitative estimate of drug-likeness (QED) is 0.238. The number of rotatable bonds is 15. The van der Waals surface area contributed by atoms with Gasteiger partial charge in [-0.2, -0.15) is 0 Å². The van der Waals surface area contributed by atoms with Crippen LogP contribution in [0.2, 0.25) is 0 Å². The fourth-order valence-electron chi connectivity index (χ4n) is 3.41. The number of nitrogens with one attached hydrogen (secondary N) is 2. The Hall–Kier alpha value is -3.66. The van der Waals surface area contributed by atoms with Gasteiger partial charge in [0.25, 0.3) is 5.91 Å². The minimum Gasteiger partial charge on any atom is -0.508 e. The molecule has 0 atom stereocenters. The second-order valence-electron chi connectivity index (χ2n) is 8.02. The summed E-state index contributed by atoms with van der Waals surface area (Å²) < 4.78 is 16.1. The number of phenolic OH excluding ortho intramolecular Hbond substituents is 2. The molecular formula is C27H32N2O7. The molecule has 0 radical (unpaired) electrons. The van der Waals surface area contributed by atoms with E-state index in [-0.39, 0.29) is 42.1 Å². The number of carbonyl (C=O) groups is 2. The summed E-state index contributed by atoms with van der Waals surface area (Å²) in [5, 5.41) is 26.6. The summed E-state index contributed by atoms with van der Waals surface area (Å²) in [6.45, 7) is 2.40. The SMILES string of the molecule is O=C(COCCOCCOCCNC(=O)c1cc2ccccc2cc1O)NCCc1ccc(O)cc1. The molecule has 192 valence electrons. The summed E-state index contributed by atoms with van der Waals surface area (Å²) in [5.74, 6) is -0.404. The number of benzene rings is 3. The second-order valence-corrected chi connectivity index (χ2v) is 8.02. The third kappa shape index (κ3) is 9.18. The van der Waals surface area contributed by atoms with Crippen LogP contribution in [0.3, 0.4) is 0 Å². The van der Waals surface area contributed by atoms with Gasteiger partial charge in [0.1, 0.15) is 18.1 Å². The van der Waals surface area contributed by atoms with Crippen molar-refractivity contribution in [1.29, 1.82) is 0 Å². The number of fused-ring (bicyclic) bond motifs is 1. The first-order valence-electron chi connectivity index (χ1n) is 11.8. The van der Waals surface area contributed by atoms with Crippen molar-refractivity contribution in [2.75, 3.05) is 52.7 Å². The van der Waals surface area contributed by atoms with Gasteiger partial charge in [0.15, 0.2) is 0 Å². The third-order valence-corrected chi connectivity index (χ3v) is 5.29. The van der Waals surface area contributed by atoms with Crippen LogP contribution in [0.15, 0.2) is 60.7 Å². The van der Waals surface area contributed by atoms with Crippen molar-refractivity contribution < 1.29 is 34.0 Å². The van der Waals surface area contributed by atoms with Gasteiger partial charge in [-0.25, -0.2) is 0 Å². The molecule has 0 bridgehead atoms. The molecule has 0 aliphatic heterocycles. The van der Waals surface area contributed by atoms with E-state index in [0.717, 1.165) is 16.3 Å². The van der Waals surface area contributed by atoms with Gasteiger partial charge in [0.05, 0.1) is 38.6 Å². The molecular weight excluding hydrogens is 464 g/mol. The van der Waals surface area contributed by atoms with Crippen molar-refractivity contribution in [2.24, 2.45) is 0 Å². The molecule has 3 aromatic carbocycles. The summed E-state index contributed by atoms with van der Waals surface area (Å²) >= 11 is 0. The molecule has 0 spiro atoms. The lowest BCUT2D eigenvalue weighted by Gasteiger charge is -2.09. The van der Waals surface area contributed by atoms with Gasteiger partial charge in [0.2, 0.25) is 5.91 Å². The minimum absolute atomic E-state index is 0.0398. The first-order valence-corrected chi connectivity index (χ1v) is 11.8. The van der Waals surface area contributed by atoms with Crippen LogP contribution in [0.1, 0.15) is 15.9 Å². The van der Waals surface area contributed by atoms with E-state index in [1.807, 2.05) is 36.4 Å². The van der Waals surface area contributed by atoms with E-state index in [0.29, 0.717) is 45.9 Å². The van der Waals surface area contributed by atoms with E-state index in [2.05, 4.69) is 10.6 Å². The number of phenols is 2. The van der Waals surface area contributed by atoms with Gasteiger partial charge in [-0.05, 0) is 47.0 Å². The van der Waals surface area contributed by atoms with Gasteiger partial charge in [-0.1, -0.05) is 36.4 Å². The Morgan fingerprint density at radius 1 is 0.722 bits per heavy atom. The topological polar surface area (TPSA) is 126 Å². The van der Waals surface area contributed by atoms with E-state index in [1.54, 1.807) is 24.3 Å². The van der Waals surface area contributed by atoms with Crippen molar-refractivity contribution in [1.82, 2.24) is 10.6 Å². The van der Waals surface area contributed by atoms with Gasteiger partial charge >= 0.3 is 0 Å². The lowest BCUT2D eigenvalue weighted by molar-refractivity contribution is -0.126. The number of aromatic hydroxyl groups is 2. The molecule has 0 heterocycles. The monoisotopic (exact) mass is 496 g/mol. The lowest BCUT2D eigenvalue weighted by atomic mass is 10.1. The van der Waals surface area contributed by atoms with Crippen molar-refractivity contribution in [3.8, 4) is 11.5 Å². The van der Waals surface area contributed by atoms with Gasteiger partial charge < -0.3 is 35.1 Å². The van der Waals surface area contributed by atoms with Crippen LogP contribution in [0.5, 0.6) is 11.5 Å². The highest BCUT2D eigenvalue weighted by Gasteiger charge is 2.12. The Morgan fingerprint density at radius 2 is 1.36 bits per heavy atom. The van der Waals surface area contributed by atoms with Crippen LogP contribution < -0.4 is 10.6 Å². The number of amides is 2. The Bertz CT molecular complexity index is 1120. The average Bonchev–Trinajstić information content (AvgIpc) is 2.88. The molecule has 0 aliphatic carbocycles. The lowest BCUT2D eigenvalue weighted by Crippen LogP contribution is -2.30. The molecule has 2 amide bonds. The molecule has 0 aliphatic rings. The first-order chi connectivity index (χ1) is 17.5. The zero-order valence-corrected chi connectivity index (χ0v) is 20.1. The summed E-state index contributed by atoms with van der Waals surface area (Å²) in [4.78, 5) is 24.1. The fraction of sp³-hybridized carbons (Fsp3) is 0.333. The highest BCUT2D eigenvalue weighted by Crippen LogP contribution is 2.24. The Morgan fingerprint density at radius 3 is 2.08 bits per heavy atom. The second kappa shape index (κ2) is 14.7. The largest absolute Gasteiger partial charge is 0.508 e. The summed E-state index contributed by atoms with van der Waals surface area (Å²) in [6.07, 6.45) is 0.671. The van der Waals surface area contributed by atoms with E-state index in [9.17, 15) is 19.8 Å². The fourth-order valence-corrected chi connectivity index (χ4v) is 3.41. The smallest absolute Gasteiger partial charge is 0.255 e. The van der Waals surface area contributed by atoms with Crippen LogP contribution in [0, 0.1) is 0 Å². The van der Waals surface area contributed by atoms with Crippen molar-refractivity contribution in [3.63, 3.8) is 0 Å². The van der Waals surface area contributed by atoms with E-state index in [1.165, 1.54) is 0 Å². The van der Waals surface area contributed by atoms with E-state index in [4.69, 9.17) is 14.2 Å². The van der Waals surface area contributed by atoms with Crippen LogP contribution >= 0.6 is 0 Å². The van der Waals surface area contributed by atoms with Gasteiger partial charge in [-0.3, -0.25) is 9.59 Å². The molecule has 36 heavy (non-hydrogen) atoms. The molecule has 0 fully saturated rings. The van der Waals surface area contributed by atoms with Gasteiger partial charge in [0, 0.05) is 13.1 Å². The van der Waals surface area contributed by atoms with Crippen molar-refractivity contribution in [3.05, 3.63) is 71.8 Å². The highest BCUT2D eigenvalue weighted by molar-refractivity contribution is 6.01. The van der Waals surface area contributed by atoms with E-state index >= 15 is 0 Å². The zero-order chi connectivity index (χ0) is 25.6. The zero-order valence-electron chi connectivity index (χ0n) is 20.1. The van der Waals surface area contributed by atoms with Crippen LogP contribution in [-0.4, -0.2) is 74.8 Å². The molecule has 0 saturated heterocycles. The van der Waals surface area contributed by atoms with Crippen LogP contribution in [-0.2, 0) is 25.4 Å². The molecule has 0 saturated carbocycles. The third-order valence-electron chi connectivity index (χ3n) is 5.29. The summed E-state index contributed by atoms with van der Waals surface area (Å²) in [7, 11) is 0. The highest BCUT2D eigenvalue weighted by atomic mass is 16.5. The maximum atomic E-state index is 12.3. The molecule has 3 rings (SSSR count). The maximum absolute atomic E-state index is 12.3. The Balaban J connectivity index is 1.15. The van der Waals surface area contributed by atoms with Gasteiger partial charge in [-0.15, -0.1) is 0 Å². The average molecular weight is 497 g/mol. The molecule has 4 N–H and O–H groups in total. The van der Waals surface area contributed by atoms with Crippen LogP contribution in [0.25, 0.3) is 10.8 Å². The normalized spacial score (nSPS) is 10.9. The number of hydrogen-bond donors (Lipinski definition) is 4. The van der Waals surface area contributed by atoms with E-state index < -0.39 is 0 Å². The number of ether oxygens (including phenoxy) is 3. The first kappa shape index (κ1) is 26.9. The van der Waals surface area contributed by atoms with Crippen molar-refractivity contribution >= 4 is 22.6 Å². The Kier molecular flexibility index (Phi) is 11.0. The minimum atomic E-state index is -0.361. The molecule has 0 unspecified atom stereocenters. The number of hydrogen-bond acceptors (Lipinski definition) is 7. The predicted molar refractivity (Wildman–Crippen MR) is 135 cm³/mol. The molecule has 0 aromatic heterocycles. The molecule has 3 aromatic rings. The van der Waals surface area contributed by atoms with Crippen molar-refractivity contribution in [2.45, 2.75) is 6.42 Å². The van der Waals surface area contributed by atoms with Crippen LogP contribution in [0.4, 0.5) is 0 Å². The predicted octanol–water partition coefficient (Wildman–Crippen LogP) is 2.39.